The number of nitrogens with zero attached hydrogens (tertiary/aromatic N) is 1. The molecule has 0 spiro atoms. The summed E-state index contributed by atoms with van der Waals surface area (Å²) < 4.78 is 0. The van der Waals surface area contributed by atoms with Crippen molar-refractivity contribution < 1.29 is 0 Å². The fourth-order valence-electron chi connectivity index (χ4n) is 3.73. The van der Waals surface area contributed by atoms with Crippen LogP contribution in [0.3, 0.4) is 0 Å². The lowest BCUT2D eigenvalue weighted by Gasteiger charge is -2.34. The Morgan fingerprint density at radius 1 is 0.833 bits per heavy atom. The first-order valence-electron chi connectivity index (χ1n) is 7.97. The predicted octanol–water partition coefficient (Wildman–Crippen LogP) is 2.26. The van der Waals surface area contributed by atoms with E-state index < -0.39 is 0 Å². The Morgan fingerprint density at radius 3 is 2.39 bits per heavy atom. The summed E-state index contributed by atoms with van der Waals surface area (Å²) in [6, 6.07) is 1.83. The molecule has 102 valence electrons. The van der Waals surface area contributed by atoms with Gasteiger partial charge < -0.3 is 10.6 Å². The molecule has 0 amide bonds. The smallest absolute Gasteiger partial charge is 0.0652 e. The Hall–Kier alpha value is -0.410. The van der Waals surface area contributed by atoms with Crippen LogP contribution in [0.5, 0.6) is 0 Å². The number of hydrogen-bond acceptors (Lipinski definition) is 3. The third-order valence-electron chi connectivity index (χ3n) is 4.79. The second-order valence-electron chi connectivity index (χ2n) is 6.14. The van der Waals surface area contributed by atoms with Crippen molar-refractivity contribution in [3.05, 3.63) is 0 Å². The monoisotopic (exact) mass is 249 g/mol. The second kappa shape index (κ2) is 6.16. The molecule has 0 aromatic rings. The highest BCUT2D eigenvalue weighted by Crippen LogP contribution is 2.24. The molecule has 18 heavy (non-hydrogen) atoms. The van der Waals surface area contributed by atoms with Crippen LogP contribution in [0, 0.1) is 0 Å². The van der Waals surface area contributed by atoms with Crippen molar-refractivity contribution in [2.75, 3.05) is 13.1 Å². The van der Waals surface area contributed by atoms with E-state index in [1.54, 1.807) is 0 Å². The molecule has 2 N–H and O–H groups in total. The molecule has 3 nitrogen and oxygen atoms in total. The minimum Gasteiger partial charge on any atom is -0.312 e. The highest BCUT2D eigenvalue weighted by atomic mass is 15.0. The zero-order valence-corrected chi connectivity index (χ0v) is 11.5. The van der Waals surface area contributed by atoms with Gasteiger partial charge in [-0.25, -0.2) is 0 Å². The summed E-state index contributed by atoms with van der Waals surface area (Å²) in [5, 5.41) is 7.35. The van der Waals surface area contributed by atoms with E-state index >= 15 is 0 Å². The van der Waals surface area contributed by atoms with Crippen molar-refractivity contribution in [1.82, 2.24) is 10.6 Å². The van der Waals surface area contributed by atoms with Gasteiger partial charge >= 0.3 is 0 Å². The molecule has 3 aliphatic heterocycles. The first-order valence-corrected chi connectivity index (χ1v) is 7.97. The molecule has 0 saturated carbocycles. The Labute approximate surface area is 111 Å². The number of rotatable bonds is 2. The first-order chi connectivity index (χ1) is 8.93. The third-order valence-corrected chi connectivity index (χ3v) is 4.79. The van der Waals surface area contributed by atoms with Crippen LogP contribution in [0.1, 0.15) is 57.8 Å². The summed E-state index contributed by atoms with van der Waals surface area (Å²) in [4.78, 5) is 5.12. The van der Waals surface area contributed by atoms with Gasteiger partial charge in [0.1, 0.15) is 0 Å². The standard InChI is InChI=1S/C15H27N3/c1-3-10-16-12(6-1)14-8-5-9-15(18-14)13-7-2-4-11-17-13/h12-14,16-17H,1-11H2. The summed E-state index contributed by atoms with van der Waals surface area (Å²) in [6.45, 7) is 2.39. The van der Waals surface area contributed by atoms with E-state index in [1.165, 1.54) is 76.6 Å². The quantitative estimate of drug-likeness (QED) is 0.787. The zero-order valence-electron chi connectivity index (χ0n) is 11.5. The highest BCUT2D eigenvalue weighted by molar-refractivity contribution is 5.90. The van der Waals surface area contributed by atoms with Crippen molar-refractivity contribution >= 4 is 5.71 Å². The van der Waals surface area contributed by atoms with Crippen molar-refractivity contribution in [3.8, 4) is 0 Å². The van der Waals surface area contributed by atoms with Crippen LogP contribution >= 0.6 is 0 Å². The van der Waals surface area contributed by atoms with Crippen molar-refractivity contribution in [3.63, 3.8) is 0 Å². The van der Waals surface area contributed by atoms with Gasteiger partial charge in [0.05, 0.1) is 6.04 Å². The Bertz CT molecular complexity index is 288. The van der Waals surface area contributed by atoms with Crippen molar-refractivity contribution in [1.29, 1.82) is 0 Å². The Balaban J connectivity index is 1.64. The molecule has 2 saturated heterocycles. The minimum atomic E-state index is 0.567. The molecule has 0 radical (unpaired) electrons. The SMILES string of the molecule is C1CCC(C2=NC(C3CCCCN3)CCC2)NC1. The lowest BCUT2D eigenvalue weighted by atomic mass is 9.88. The molecule has 0 aromatic heterocycles. The molecular formula is C15H27N3. The third kappa shape index (κ3) is 2.94. The molecule has 3 heteroatoms. The van der Waals surface area contributed by atoms with Crippen LogP contribution in [-0.4, -0.2) is 36.9 Å². The van der Waals surface area contributed by atoms with Crippen LogP contribution in [0.15, 0.2) is 4.99 Å². The van der Waals surface area contributed by atoms with Crippen LogP contribution in [-0.2, 0) is 0 Å². The van der Waals surface area contributed by atoms with E-state index in [2.05, 4.69) is 10.6 Å². The average molecular weight is 249 g/mol. The van der Waals surface area contributed by atoms with Crippen molar-refractivity contribution in [2.45, 2.75) is 75.9 Å². The topological polar surface area (TPSA) is 36.4 Å². The van der Waals surface area contributed by atoms with Gasteiger partial charge in [0.15, 0.2) is 0 Å². The molecule has 3 atom stereocenters. The van der Waals surface area contributed by atoms with Gasteiger partial charge in [-0.1, -0.05) is 12.8 Å². The molecule has 3 unspecified atom stereocenters. The molecule has 3 heterocycles. The van der Waals surface area contributed by atoms with Crippen LogP contribution in [0.2, 0.25) is 0 Å². The maximum absolute atomic E-state index is 5.12. The van der Waals surface area contributed by atoms with Gasteiger partial charge in [-0.05, 0) is 58.0 Å². The average Bonchev–Trinajstić information content (AvgIpc) is 2.49. The number of piperidine rings is 2. The second-order valence-corrected chi connectivity index (χ2v) is 6.14. The molecule has 3 aliphatic rings. The molecule has 0 bridgehead atoms. The number of nitrogens with one attached hydrogen (secondary N) is 2. The molecular weight excluding hydrogens is 222 g/mol. The van der Waals surface area contributed by atoms with Crippen LogP contribution in [0.25, 0.3) is 0 Å². The largest absolute Gasteiger partial charge is 0.312 e. The van der Waals surface area contributed by atoms with Gasteiger partial charge in [-0.3, -0.25) is 4.99 Å². The normalized spacial score (nSPS) is 38.2. The Morgan fingerprint density at radius 2 is 1.67 bits per heavy atom. The highest BCUT2D eigenvalue weighted by Gasteiger charge is 2.28. The lowest BCUT2D eigenvalue weighted by molar-refractivity contribution is 0.329. The summed E-state index contributed by atoms with van der Waals surface area (Å²) in [7, 11) is 0. The van der Waals surface area contributed by atoms with Gasteiger partial charge in [0.2, 0.25) is 0 Å². The number of hydrogen-bond donors (Lipinski definition) is 2. The predicted molar refractivity (Wildman–Crippen MR) is 76.4 cm³/mol. The van der Waals surface area contributed by atoms with Gasteiger partial charge in [0, 0.05) is 17.8 Å². The first kappa shape index (κ1) is 12.6. The van der Waals surface area contributed by atoms with Gasteiger partial charge in [0.25, 0.3) is 0 Å². The van der Waals surface area contributed by atoms with E-state index in [0.717, 1.165) is 0 Å². The zero-order chi connectivity index (χ0) is 12.2. The van der Waals surface area contributed by atoms with E-state index in [-0.39, 0.29) is 0 Å². The minimum absolute atomic E-state index is 0.567. The lowest BCUT2D eigenvalue weighted by Crippen LogP contribution is -2.46. The molecule has 2 fully saturated rings. The van der Waals surface area contributed by atoms with E-state index in [0.29, 0.717) is 18.1 Å². The van der Waals surface area contributed by atoms with Gasteiger partial charge in [-0.2, -0.15) is 0 Å². The maximum Gasteiger partial charge on any atom is 0.0652 e. The van der Waals surface area contributed by atoms with Gasteiger partial charge in [-0.15, -0.1) is 0 Å². The molecule has 0 aromatic carbocycles. The van der Waals surface area contributed by atoms with E-state index in [1.807, 2.05) is 0 Å². The maximum atomic E-state index is 5.12. The molecule has 3 rings (SSSR count). The van der Waals surface area contributed by atoms with E-state index in [4.69, 9.17) is 4.99 Å². The summed E-state index contributed by atoms with van der Waals surface area (Å²) in [5.74, 6) is 0. The summed E-state index contributed by atoms with van der Waals surface area (Å²) in [6.07, 6.45) is 12.0. The molecule has 0 aliphatic carbocycles. The Kier molecular flexibility index (Phi) is 4.32. The number of aliphatic imine (C=N–C) groups is 1. The fraction of sp³-hybridized carbons (Fsp3) is 0.933. The summed E-state index contributed by atoms with van der Waals surface area (Å²) >= 11 is 0. The van der Waals surface area contributed by atoms with Crippen molar-refractivity contribution in [2.24, 2.45) is 4.99 Å². The fourth-order valence-corrected chi connectivity index (χ4v) is 3.73. The van der Waals surface area contributed by atoms with Crippen LogP contribution < -0.4 is 10.6 Å². The summed E-state index contributed by atoms with van der Waals surface area (Å²) in [5.41, 5.74) is 1.48. The van der Waals surface area contributed by atoms with E-state index in [9.17, 15) is 0 Å². The van der Waals surface area contributed by atoms with Crippen LogP contribution in [0.4, 0.5) is 0 Å².